The van der Waals surface area contributed by atoms with E-state index >= 15 is 0 Å². The van der Waals surface area contributed by atoms with Crippen molar-refractivity contribution in [2.45, 2.75) is 6.54 Å². The van der Waals surface area contributed by atoms with E-state index in [-0.39, 0.29) is 0 Å². The molecule has 0 atom stereocenters. The lowest BCUT2D eigenvalue weighted by molar-refractivity contribution is 0.0338. The molecule has 5 heteroatoms. The van der Waals surface area contributed by atoms with Crippen LogP contribution in [-0.4, -0.2) is 41.2 Å². The van der Waals surface area contributed by atoms with Crippen LogP contribution in [0.25, 0.3) is 0 Å². The van der Waals surface area contributed by atoms with E-state index in [0.29, 0.717) is 5.82 Å². The number of morpholine rings is 1. The van der Waals surface area contributed by atoms with E-state index in [1.165, 1.54) is 0 Å². The zero-order valence-corrected chi connectivity index (χ0v) is 7.49. The summed E-state index contributed by atoms with van der Waals surface area (Å²) in [6.07, 6.45) is 1.63. The zero-order valence-electron chi connectivity index (χ0n) is 7.49. The fraction of sp³-hybridized carbons (Fsp3) is 0.625. The third-order valence-corrected chi connectivity index (χ3v) is 2.24. The van der Waals surface area contributed by atoms with Gasteiger partial charge in [0.25, 0.3) is 0 Å². The summed E-state index contributed by atoms with van der Waals surface area (Å²) in [5.41, 5.74) is 6.66. The number of ether oxygens (including phenoxy) is 1. The summed E-state index contributed by atoms with van der Waals surface area (Å²) in [6.45, 7) is 4.41. The first-order chi connectivity index (χ1) is 6.36. The van der Waals surface area contributed by atoms with Crippen molar-refractivity contribution in [1.29, 1.82) is 0 Å². The number of nitrogens with two attached hydrogens (primary N) is 1. The highest BCUT2D eigenvalue weighted by molar-refractivity contribution is 5.33. The quantitative estimate of drug-likeness (QED) is 0.666. The average Bonchev–Trinajstić information content (AvgIpc) is 2.54. The smallest absolute Gasteiger partial charge is 0.146 e. The Labute approximate surface area is 76.9 Å². The highest BCUT2D eigenvalue weighted by Crippen LogP contribution is 2.09. The minimum atomic E-state index is 0.603. The molecule has 0 aliphatic carbocycles. The van der Waals surface area contributed by atoms with Crippen LogP contribution in [0.2, 0.25) is 0 Å². The van der Waals surface area contributed by atoms with Gasteiger partial charge in [0.1, 0.15) is 5.82 Å². The Morgan fingerprint density at radius 2 is 2.31 bits per heavy atom. The molecule has 2 heterocycles. The molecule has 1 fully saturated rings. The third-order valence-electron chi connectivity index (χ3n) is 2.24. The van der Waals surface area contributed by atoms with Crippen LogP contribution in [0.4, 0.5) is 5.82 Å². The Kier molecular flexibility index (Phi) is 2.47. The van der Waals surface area contributed by atoms with Crippen molar-refractivity contribution in [3.05, 3.63) is 12.0 Å². The molecule has 0 saturated carbocycles. The van der Waals surface area contributed by atoms with Crippen LogP contribution in [0.15, 0.2) is 6.33 Å². The van der Waals surface area contributed by atoms with E-state index in [1.807, 2.05) is 0 Å². The van der Waals surface area contributed by atoms with Crippen LogP contribution in [0, 0.1) is 0 Å². The normalized spacial score (nSPS) is 19.1. The molecule has 72 valence electrons. The van der Waals surface area contributed by atoms with Crippen molar-refractivity contribution < 1.29 is 4.74 Å². The second kappa shape index (κ2) is 3.76. The number of rotatable bonds is 2. The maximum absolute atomic E-state index is 5.66. The summed E-state index contributed by atoms with van der Waals surface area (Å²) >= 11 is 0. The van der Waals surface area contributed by atoms with Gasteiger partial charge in [-0.15, -0.1) is 0 Å². The van der Waals surface area contributed by atoms with Gasteiger partial charge in [-0.05, 0) is 0 Å². The standard InChI is InChI=1S/C8H14N4O/c9-8-7(10-6-11-8)5-12-1-3-13-4-2-12/h6H,1-5,9H2,(H,10,11). The zero-order chi connectivity index (χ0) is 9.10. The van der Waals surface area contributed by atoms with E-state index in [9.17, 15) is 0 Å². The van der Waals surface area contributed by atoms with Gasteiger partial charge in [0.2, 0.25) is 0 Å². The number of hydrogen-bond donors (Lipinski definition) is 2. The van der Waals surface area contributed by atoms with Crippen LogP contribution >= 0.6 is 0 Å². The molecule has 0 bridgehead atoms. The lowest BCUT2D eigenvalue weighted by atomic mass is 10.3. The van der Waals surface area contributed by atoms with E-state index < -0.39 is 0 Å². The average molecular weight is 182 g/mol. The molecule has 2 rings (SSSR count). The van der Waals surface area contributed by atoms with Crippen molar-refractivity contribution >= 4 is 5.82 Å². The SMILES string of the molecule is Nc1nc[nH]c1CN1CCOCC1. The molecule has 1 saturated heterocycles. The molecule has 3 N–H and O–H groups in total. The number of aromatic amines is 1. The molecule has 1 aliphatic rings. The number of hydrogen-bond acceptors (Lipinski definition) is 4. The monoisotopic (exact) mass is 182 g/mol. The van der Waals surface area contributed by atoms with Gasteiger partial charge in [-0.1, -0.05) is 0 Å². The number of H-pyrrole nitrogens is 1. The number of anilines is 1. The van der Waals surface area contributed by atoms with E-state index in [4.69, 9.17) is 10.5 Å². The van der Waals surface area contributed by atoms with Gasteiger partial charge < -0.3 is 15.5 Å². The summed E-state index contributed by atoms with van der Waals surface area (Å²) in [5, 5.41) is 0. The Bertz CT molecular complexity index is 267. The summed E-state index contributed by atoms with van der Waals surface area (Å²) in [4.78, 5) is 9.28. The van der Waals surface area contributed by atoms with Gasteiger partial charge in [-0.3, -0.25) is 4.90 Å². The molecule has 5 nitrogen and oxygen atoms in total. The van der Waals surface area contributed by atoms with Crippen molar-refractivity contribution in [2.24, 2.45) is 0 Å². The predicted molar refractivity (Wildman–Crippen MR) is 49.1 cm³/mol. The van der Waals surface area contributed by atoms with Crippen LogP contribution < -0.4 is 5.73 Å². The van der Waals surface area contributed by atoms with Crippen molar-refractivity contribution in [2.75, 3.05) is 32.0 Å². The summed E-state index contributed by atoms with van der Waals surface area (Å²) in [5.74, 6) is 0.603. The van der Waals surface area contributed by atoms with Gasteiger partial charge in [0.05, 0.1) is 25.2 Å². The molecule has 0 spiro atoms. The fourth-order valence-electron chi connectivity index (χ4n) is 1.44. The predicted octanol–water partition coefficient (Wildman–Crippen LogP) is -0.176. The number of imidazole rings is 1. The molecule has 13 heavy (non-hydrogen) atoms. The van der Waals surface area contributed by atoms with Crippen molar-refractivity contribution in [1.82, 2.24) is 14.9 Å². The largest absolute Gasteiger partial charge is 0.382 e. The number of nitrogens with one attached hydrogen (secondary N) is 1. The molecular weight excluding hydrogens is 168 g/mol. The van der Waals surface area contributed by atoms with E-state index in [2.05, 4.69) is 14.9 Å². The number of nitrogens with zero attached hydrogens (tertiary/aromatic N) is 2. The Morgan fingerprint density at radius 3 is 2.92 bits per heavy atom. The maximum atomic E-state index is 5.66. The lowest BCUT2D eigenvalue weighted by Crippen LogP contribution is -2.35. The summed E-state index contributed by atoms with van der Waals surface area (Å²) in [6, 6.07) is 0. The van der Waals surface area contributed by atoms with Crippen LogP contribution in [-0.2, 0) is 11.3 Å². The molecule has 0 aromatic carbocycles. The first kappa shape index (κ1) is 8.52. The first-order valence-electron chi connectivity index (χ1n) is 4.44. The highest BCUT2D eigenvalue weighted by Gasteiger charge is 2.12. The number of nitrogen functional groups attached to an aromatic ring is 1. The minimum absolute atomic E-state index is 0.603. The Morgan fingerprint density at radius 1 is 1.54 bits per heavy atom. The van der Waals surface area contributed by atoms with Gasteiger partial charge in [0, 0.05) is 19.6 Å². The van der Waals surface area contributed by atoms with Gasteiger partial charge in [-0.25, -0.2) is 4.98 Å². The fourth-order valence-corrected chi connectivity index (χ4v) is 1.44. The maximum Gasteiger partial charge on any atom is 0.146 e. The molecule has 0 unspecified atom stereocenters. The van der Waals surface area contributed by atoms with E-state index in [0.717, 1.165) is 38.5 Å². The Balaban J connectivity index is 1.93. The van der Waals surface area contributed by atoms with Crippen LogP contribution in [0.1, 0.15) is 5.69 Å². The molecule has 1 aromatic heterocycles. The van der Waals surface area contributed by atoms with Crippen LogP contribution in [0.5, 0.6) is 0 Å². The second-order valence-corrected chi connectivity index (χ2v) is 3.15. The minimum Gasteiger partial charge on any atom is -0.382 e. The van der Waals surface area contributed by atoms with Crippen molar-refractivity contribution in [3.8, 4) is 0 Å². The first-order valence-corrected chi connectivity index (χ1v) is 4.44. The van der Waals surface area contributed by atoms with Gasteiger partial charge in [0.15, 0.2) is 0 Å². The van der Waals surface area contributed by atoms with Gasteiger partial charge >= 0.3 is 0 Å². The summed E-state index contributed by atoms with van der Waals surface area (Å²) in [7, 11) is 0. The molecule has 0 amide bonds. The molecule has 1 aromatic rings. The van der Waals surface area contributed by atoms with Crippen molar-refractivity contribution in [3.63, 3.8) is 0 Å². The number of aromatic nitrogens is 2. The highest BCUT2D eigenvalue weighted by atomic mass is 16.5. The summed E-state index contributed by atoms with van der Waals surface area (Å²) < 4.78 is 5.25. The molecule has 1 aliphatic heterocycles. The molecular formula is C8H14N4O. The van der Waals surface area contributed by atoms with Gasteiger partial charge in [-0.2, -0.15) is 0 Å². The van der Waals surface area contributed by atoms with E-state index in [1.54, 1.807) is 6.33 Å². The lowest BCUT2D eigenvalue weighted by Gasteiger charge is -2.25. The third kappa shape index (κ3) is 1.99. The molecule has 0 radical (unpaired) electrons. The van der Waals surface area contributed by atoms with Crippen LogP contribution in [0.3, 0.4) is 0 Å². The Hall–Kier alpha value is -1.07. The second-order valence-electron chi connectivity index (χ2n) is 3.15. The topological polar surface area (TPSA) is 67.2 Å².